The zero-order chi connectivity index (χ0) is 19.9. The van der Waals surface area contributed by atoms with E-state index >= 15 is 0 Å². The fourth-order valence-corrected chi connectivity index (χ4v) is 3.78. The van der Waals surface area contributed by atoms with Crippen LogP contribution in [-0.2, 0) is 11.2 Å². The molecule has 5 nitrogen and oxygen atoms in total. The first-order chi connectivity index (χ1) is 13.6. The van der Waals surface area contributed by atoms with Crippen molar-refractivity contribution in [2.75, 3.05) is 49.1 Å². The number of hydrogen-bond acceptors (Lipinski definition) is 4. The minimum Gasteiger partial charge on any atom is -0.368 e. The van der Waals surface area contributed by atoms with Gasteiger partial charge in [-0.25, -0.2) is 4.98 Å². The van der Waals surface area contributed by atoms with E-state index in [0.29, 0.717) is 6.42 Å². The van der Waals surface area contributed by atoms with Crippen LogP contribution in [0.25, 0.3) is 0 Å². The van der Waals surface area contributed by atoms with Crippen LogP contribution in [0.1, 0.15) is 31.4 Å². The van der Waals surface area contributed by atoms with Crippen LogP contribution >= 0.6 is 0 Å². The van der Waals surface area contributed by atoms with Gasteiger partial charge in [0.15, 0.2) is 0 Å². The molecule has 0 unspecified atom stereocenters. The molecule has 0 N–H and O–H groups in total. The number of pyridine rings is 1. The van der Waals surface area contributed by atoms with Crippen LogP contribution in [0.5, 0.6) is 0 Å². The summed E-state index contributed by atoms with van der Waals surface area (Å²) in [6.07, 6.45) is 3.19. The van der Waals surface area contributed by atoms with Crippen LogP contribution in [0.2, 0.25) is 0 Å². The number of carbonyl (C=O) groups is 1. The maximum absolute atomic E-state index is 12.7. The van der Waals surface area contributed by atoms with Gasteiger partial charge in [-0.3, -0.25) is 4.79 Å². The van der Waals surface area contributed by atoms with Crippen LogP contribution in [0.3, 0.4) is 0 Å². The van der Waals surface area contributed by atoms with Crippen LogP contribution in [-0.4, -0.2) is 55.1 Å². The van der Waals surface area contributed by atoms with Gasteiger partial charge >= 0.3 is 0 Å². The minimum atomic E-state index is 0.255. The van der Waals surface area contributed by atoms with Gasteiger partial charge in [0.05, 0.1) is 0 Å². The standard InChI is InChI=1S/C23H32N4O/c1-4-25(5-2)22-18-20(11-12-24-22)9-10-23(28)27-15-13-26(14-16-27)21-8-6-7-19(3)17-21/h6-8,11-12,17-18H,4-5,9-10,13-16H2,1-3H3. The Hall–Kier alpha value is -2.56. The maximum atomic E-state index is 12.7. The van der Waals surface area contributed by atoms with E-state index in [0.717, 1.165) is 51.5 Å². The van der Waals surface area contributed by atoms with Gasteiger partial charge in [0.1, 0.15) is 5.82 Å². The molecule has 1 aromatic carbocycles. The van der Waals surface area contributed by atoms with E-state index in [1.54, 1.807) is 0 Å². The lowest BCUT2D eigenvalue weighted by molar-refractivity contribution is -0.131. The molecule has 0 spiro atoms. The Bertz CT molecular complexity index is 780. The zero-order valence-electron chi connectivity index (χ0n) is 17.4. The molecule has 0 aliphatic carbocycles. The number of rotatable bonds is 7. The number of aryl methyl sites for hydroxylation is 2. The molecule has 0 radical (unpaired) electrons. The third-order valence-corrected chi connectivity index (χ3v) is 5.52. The summed E-state index contributed by atoms with van der Waals surface area (Å²) in [5.74, 6) is 1.26. The van der Waals surface area contributed by atoms with Crippen molar-refractivity contribution in [3.05, 3.63) is 53.7 Å². The van der Waals surface area contributed by atoms with Crippen molar-refractivity contribution >= 4 is 17.4 Å². The van der Waals surface area contributed by atoms with Crippen LogP contribution in [0.15, 0.2) is 42.6 Å². The number of carbonyl (C=O) groups excluding carboxylic acids is 1. The molecule has 28 heavy (non-hydrogen) atoms. The molecule has 1 saturated heterocycles. The lowest BCUT2D eigenvalue weighted by Crippen LogP contribution is -2.48. The second-order valence-corrected chi connectivity index (χ2v) is 7.40. The lowest BCUT2D eigenvalue weighted by atomic mass is 10.1. The van der Waals surface area contributed by atoms with Crippen molar-refractivity contribution in [3.8, 4) is 0 Å². The van der Waals surface area contributed by atoms with Gasteiger partial charge in [0.25, 0.3) is 0 Å². The highest BCUT2D eigenvalue weighted by Gasteiger charge is 2.21. The Balaban J connectivity index is 1.50. The van der Waals surface area contributed by atoms with Gasteiger partial charge in [-0.1, -0.05) is 12.1 Å². The summed E-state index contributed by atoms with van der Waals surface area (Å²) in [5, 5.41) is 0. The van der Waals surface area contributed by atoms with E-state index in [9.17, 15) is 4.79 Å². The number of anilines is 2. The summed E-state index contributed by atoms with van der Waals surface area (Å²) in [4.78, 5) is 23.8. The molecule has 1 aliphatic rings. The summed E-state index contributed by atoms with van der Waals surface area (Å²) in [5.41, 5.74) is 3.72. The van der Waals surface area contributed by atoms with Gasteiger partial charge in [0.2, 0.25) is 5.91 Å². The van der Waals surface area contributed by atoms with Gasteiger partial charge < -0.3 is 14.7 Å². The molecule has 0 bridgehead atoms. The predicted molar refractivity (Wildman–Crippen MR) is 116 cm³/mol. The van der Waals surface area contributed by atoms with E-state index in [4.69, 9.17) is 0 Å². The monoisotopic (exact) mass is 380 g/mol. The summed E-state index contributed by atoms with van der Waals surface area (Å²) in [6.45, 7) is 11.7. The number of benzene rings is 1. The third-order valence-electron chi connectivity index (χ3n) is 5.52. The fraction of sp³-hybridized carbons (Fsp3) is 0.478. The quantitative estimate of drug-likeness (QED) is 0.737. The highest BCUT2D eigenvalue weighted by Crippen LogP contribution is 2.19. The summed E-state index contributed by atoms with van der Waals surface area (Å²) < 4.78 is 0. The molecule has 3 rings (SSSR count). The van der Waals surface area contributed by atoms with Crippen molar-refractivity contribution in [2.45, 2.75) is 33.6 Å². The smallest absolute Gasteiger partial charge is 0.223 e. The van der Waals surface area contributed by atoms with E-state index < -0.39 is 0 Å². The fourth-order valence-electron chi connectivity index (χ4n) is 3.78. The molecule has 1 aliphatic heterocycles. The molecule has 2 aromatic rings. The molecular weight excluding hydrogens is 348 g/mol. The normalized spacial score (nSPS) is 14.2. The van der Waals surface area contributed by atoms with E-state index in [1.165, 1.54) is 16.8 Å². The minimum absolute atomic E-state index is 0.255. The topological polar surface area (TPSA) is 39.7 Å². The number of aromatic nitrogens is 1. The number of hydrogen-bond donors (Lipinski definition) is 0. The van der Waals surface area contributed by atoms with E-state index in [2.05, 4.69) is 65.9 Å². The Morgan fingerprint density at radius 3 is 2.50 bits per heavy atom. The maximum Gasteiger partial charge on any atom is 0.223 e. The molecule has 2 heterocycles. The summed E-state index contributed by atoms with van der Waals surface area (Å²) in [6, 6.07) is 12.7. The Morgan fingerprint density at radius 2 is 1.82 bits per heavy atom. The zero-order valence-corrected chi connectivity index (χ0v) is 17.4. The second kappa shape index (κ2) is 9.58. The van der Waals surface area contributed by atoms with Gasteiger partial charge in [-0.05, 0) is 62.6 Å². The Morgan fingerprint density at radius 1 is 1.07 bits per heavy atom. The second-order valence-electron chi connectivity index (χ2n) is 7.40. The van der Waals surface area contributed by atoms with E-state index in [1.807, 2.05) is 17.2 Å². The van der Waals surface area contributed by atoms with E-state index in [-0.39, 0.29) is 5.91 Å². The molecular formula is C23H32N4O. The molecule has 0 atom stereocenters. The summed E-state index contributed by atoms with van der Waals surface area (Å²) in [7, 11) is 0. The molecule has 1 aromatic heterocycles. The number of amides is 1. The average molecular weight is 381 g/mol. The Labute approximate surface area is 169 Å². The third kappa shape index (κ3) is 5.03. The predicted octanol–water partition coefficient (Wildman–Crippen LogP) is 3.52. The number of piperazine rings is 1. The van der Waals surface area contributed by atoms with Crippen molar-refractivity contribution in [1.82, 2.24) is 9.88 Å². The molecule has 1 amide bonds. The SMILES string of the molecule is CCN(CC)c1cc(CCC(=O)N2CCN(c3cccc(C)c3)CC2)ccn1. The van der Waals surface area contributed by atoms with Crippen LogP contribution < -0.4 is 9.80 Å². The molecule has 1 fully saturated rings. The van der Waals surface area contributed by atoms with Gasteiger partial charge in [-0.15, -0.1) is 0 Å². The lowest BCUT2D eigenvalue weighted by Gasteiger charge is -2.36. The first-order valence-electron chi connectivity index (χ1n) is 10.4. The van der Waals surface area contributed by atoms with Gasteiger partial charge in [0, 0.05) is 57.6 Å². The largest absolute Gasteiger partial charge is 0.368 e. The van der Waals surface area contributed by atoms with Crippen LogP contribution in [0, 0.1) is 6.92 Å². The first-order valence-corrected chi connectivity index (χ1v) is 10.4. The van der Waals surface area contributed by atoms with Crippen molar-refractivity contribution in [1.29, 1.82) is 0 Å². The van der Waals surface area contributed by atoms with Crippen molar-refractivity contribution in [3.63, 3.8) is 0 Å². The highest BCUT2D eigenvalue weighted by atomic mass is 16.2. The average Bonchev–Trinajstić information content (AvgIpc) is 2.73. The molecule has 150 valence electrons. The van der Waals surface area contributed by atoms with Crippen molar-refractivity contribution < 1.29 is 4.79 Å². The summed E-state index contributed by atoms with van der Waals surface area (Å²) >= 11 is 0. The Kier molecular flexibility index (Phi) is 6.90. The molecule has 5 heteroatoms. The van der Waals surface area contributed by atoms with Crippen molar-refractivity contribution in [2.24, 2.45) is 0 Å². The van der Waals surface area contributed by atoms with Crippen LogP contribution in [0.4, 0.5) is 11.5 Å². The highest BCUT2D eigenvalue weighted by molar-refractivity contribution is 5.77. The molecule has 0 saturated carbocycles. The number of nitrogens with zero attached hydrogens (tertiary/aromatic N) is 4. The van der Waals surface area contributed by atoms with Gasteiger partial charge in [-0.2, -0.15) is 0 Å². The first kappa shape index (κ1) is 20.2.